The van der Waals surface area contributed by atoms with Gasteiger partial charge < -0.3 is 14.2 Å². The number of carbonyl (C=O) groups excluding carboxylic acids is 1. The first-order valence-corrected chi connectivity index (χ1v) is 6.47. The fourth-order valence-electron chi connectivity index (χ4n) is 2.04. The van der Waals surface area contributed by atoms with Crippen LogP contribution in [0.3, 0.4) is 0 Å². The number of benzene rings is 2. The predicted molar refractivity (Wildman–Crippen MR) is 76.9 cm³/mol. The van der Waals surface area contributed by atoms with Gasteiger partial charge in [0, 0.05) is 19.4 Å². The van der Waals surface area contributed by atoms with Crippen LogP contribution in [0.15, 0.2) is 42.5 Å². The van der Waals surface area contributed by atoms with Gasteiger partial charge in [-0.25, -0.2) is 0 Å². The summed E-state index contributed by atoms with van der Waals surface area (Å²) in [5.74, 6) is 0.435. The van der Waals surface area contributed by atoms with E-state index in [2.05, 4.69) is 0 Å². The summed E-state index contributed by atoms with van der Waals surface area (Å²) in [7, 11) is 1.56. The summed E-state index contributed by atoms with van der Waals surface area (Å²) >= 11 is 0. The average molecular weight is 274 g/mol. The molecule has 0 aliphatic carbocycles. The molecule has 106 valence electrons. The van der Waals surface area contributed by atoms with Crippen LogP contribution in [0, 0.1) is 0 Å². The molecule has 2 rings (SSSR count). The number of hydrogen-bond donors (Lipinski definition) is 0. The summed E-state index contributed by atoms with van der Waals surface area (Å²) in [5.41, 5.74) is 0. The van der Waals surface area contributed by atoms with Crippen molar-refractivity contribution in [3.63, 3.8) is 0 Å². The van der Waals surface area contributed by atoms with Crippen molar-refractivity contribution in [3.8, 4) is 5.75 Å². The Balaban J connectivity index is 2.09. The van der Waals surface area contributed by atoms with Gasteiger partial charge in [-0.05, 0) is 11.5 Å². The van der Waals surface area contributed by atoms with Crippen molar-refractivity contribution in [2.45, 2.75) is 13.0 Å². The fourth-order valence-corrected chi connectivity index (χ4v) is 2.04. The lowest BCUT2D eigenvalue weighted by Gasteiger charge is -2.17. The maximum absolute atomic E-state index is 11.0. The summed E-state index contributed by atoms with van der Waals surface area (Å²) in [6.07, 6.45) is -0.406. The molecule has 0 N–H and O–H groups in total. The molecule has 0 amide bonds. The Hall–Kier alpha value is -2.07. The number of hydrogen-bond acceptors (Lipinski definition) is 4. The molecule has 20 heavy (non-hydrogen) atoms. The second kappa shape index (κ2) is 6.91. The highest BCUT2D eigenvalue weighted by molar-refractivity contribution is 5.88. The van der Waals surface area contributed by atoms with E-state index in [1.807, 2.05) is 42.5 Å². The molecule has 2 aromatic rings. The van der Waals surface area contributed by atoms with E-state index >= 15 is 0 Å². The molecule has 0 fully saturated rings. The van der Waals surface area contributed by atoms with Crippen LogP contribution in [0.2, 0.25) is 0 Å². The minimum Gasteiger partial charge on any atom is -0.489 e. The largest absolute Gasteiger partial charge is 0.489 e. The first-order chi connectivity index (χ1) is 9.70. The fraction of sp³-hybridized carbons (Fsp3) is 0.312. The van der Waals surface area contributed by atoms with Gasteiger partial charge in [-0.3, -0.25) is 4.79 Å². The summed E-state index contributed by atoms with van der Waals surface area (Å²) in [6, 6.07) is 13.9. The third-order valence-corrected chi connectivity index (χ3v) is 2.86. The van der Waals surface area contributed by atoms with Crippen molar-refractivity contribution in [2.24, 2.45) is 0 Å². The highest BCUT2D eigenvalue weighted by Crippen LogP contribution is 2.25. The van der Waals surface area contributed by atoms with E-state index in [9.17, 15) is 4.79 Å². The van der Waals surface area contributed by atoms with Crippen molar-refractivity contribution in [3.05, 3.63) is 42.5 Å². The van der Waals surface area contributed by atoms with E-state index in [1.54, 1.807) is 7.11 Å². The zero-order chi connectivity index (χ0) is 14.4. The Morgan fingerprint density at radius 2 is 1.85 bits per heavy atom. The first-order valence-electron chi connectivity index (χ1n) is 6.47. The summed E-state index contributed by atoms with van der Waals surface area (Å²) < 4.78 is 15.9. The van der Waals surface area contributed by atoms with Crippen LogP contribution < -0.4 is 4.74 Å². The van der Waals surface area contributed by atoms with Crippen LogP contribution >= 0.6 is 0 Å². The highest BCUT2D eigenvalue weighted by Gasteiger charge is 2.13. The molecule has 0 aliphatic heterocycles. The topological polar surface area (TPSA) is 44.8 Å². The molecule has 1 atom stereocenters. The second-order valence-corrected chi connectivity index (χ2v) is 4.48. The molecule has 1 unspecified atom stereocenters. The van der Waals surface area contributed by atoms with E-state index in [4.69, 9.17) is 14.2 Å². The SMILES string of the molecule is COCC(COc1cccc2ccccc12)OC(C)=O. The van der Waals surface area contributed by atoms with Gasteiger partial charge in [0.05, 0.1) is 6.61 Å². The number of methoxy groups -OCH3 is 1. The van der Waals surface area contributed by atoms with Crippen molar-refractivity contribution in [2.75, 3.05) is 20.3 Å². The minimum atomic E-state index is -0.406. The average Bonchev–Trinajstić information content (AvgIpc) is 2.44. The summed E-state index contributed by atoms with van der Waals surface area (Å²) in [4.78, 5) is 11.0. The monoisotopic (exact) mass is 274 g/mol. The van der Waals surface area contributed by atoms with Gasteiger partial charge in [0.2, 0.25) is 0 Å². The lowest BCUT2D eigenvalue weighted by Crippen LogP contribution is -2.28. The van der Waals surface area contributed by atoms with Crippen molar-refractivity contribution in [1.29, 1.82) is 0 Å². The van der Waals surface area contributed by atoms with Gasteiger partial charge in [-0.15, -0.1) is 0 Å². The van der Waals surface area contributed by atoms with Crippen LogP contribution in [0.1, 0.15) is 6.92 Å². The van der Waals surface area contributed by atoms with Crippen molar-refractivity contribution >= 4 is 16.7 Å². The predicted octanol–water partition coefficient (Wildman–Crippen LogP) is 2.80. The third kappa shape index (κ3) is 3.71. The summed E-state index contributed by atoms with van der Waals surface area (Å²) in [5, 5.41) is 2.15. The molecule has 4 heteroatoms. The smallest absolute Gasteiger partial charge is 0.303 e. The highest BCUT2D eigenvalue weighted by atomic mass is 16.6. The Kier molecular flexibility index (Phi) is 4.96. The van der Waals surface area contributed by atoms with Gasteiger partial charge in [-0.1, -0.05) is 36.4 Å². The molecule has 0 saturated carbocycles. The van der Waals surface area contributed by atoms with Gasteiger partial charge in [0.25, 0.3) is 0 Å². The van der Waals surface area contributed by atoms with Crippen LogP contribution in [0.4, 0.5) is 0 Å². The van der Waals surface area contributed by atoms with E-state index in [-0.39, 0.29) is 12.6 Å². The standard InChI is InChI=1S/C16H18O4/c1-12(17)20-14(10-18-2)11-19-16-9-5-7-13-6-3-4-8-15(13)16/h3-9,14H,10-11H2,1-2H3. The quantitative estimate of drug-likeness (QED) is 0.760. The molecule has 0 aliphatic rings. The number of ether oxygens (including phenoxy) is 3. The summed E-state index contributed by atoms with van der Waals surface area (Å²) in [6.45, 7) is 1.95. The Morgan fingerprint density at radius 1 is 1.10 bits per heavy atom. The minimum absolute atomic E-state index is 0.265. The Bertz CT molecular complexity index is 574. The zero-order valence-electron chi connectivity index (χ0n) is 11.7. The van der Waals surface area contributed by atoms with Crippen LogP contribution in [0.5, 0.6) is 5.75 Å². The molecule has 0 aromatic heterocycles. The van der Waals surface area contributed by atoms with Crippen molar-refractivity contribution in [1.82, 2.24) is 0 Å². The lowest BCUT2D eigenvalue weighted by molar-refractivity contribution is -0.150. The van der Waals surface area contributed by atoms with Crippen LogP contribution in [0.25, 0.3) is 10.8 Å². The molecule has 4 nitrogen and oxygen atoms in total. The van der Waals surface area contributed by atoms with Gasteiger partial charge in [-0.2, -0.15) is 0 Å². The molecule has 0 spiro atoms. The third-order valence-electron chi connectivity index (χ3n) is 2.86. The molecular formula is C16H18O4. The molecule has 0 saturated heterocycles. The normalized spacial score (nSPS) is 12.1. The Labute approximate surface area is 118 Å². The maximum atomic E-state index is 11.0. The van der Waals surface area contributed by atoms with E-state index in [0.29, 0.717) is 6.61 Å². The van der Waals surface area contributed by atoms with Crippen LogP contribution in [-0.4, -0.2) is 32.4 Å². The van der Waals surface area contributed by atoms with E-state index < -0.39 is 6.10 Å². The van der Waals surface area contributed by atoms with E-state index in [0.717, 1.165) is 16.5 Å². The van der Waals surface area contributed by atoms with Crippen molar-refractivity contribution < 1.29 is 19.0 Å². The Morgan fingerprint density at radius 3 is 2.60 bits per heavy atom. The van der Waals surface area contributed by atoms with Crippen LogP contribution in [-0.2, 0) is 14.3 Å². The number of esters is 1. The zero-order valence-corrected chi connectivity index (χ0v) is 11.7. The van der Waals surface area contributed by atoms with Gasteiger partial charge in [0.1, 0.15) is 12.4 Å². The molecular weight excluding hydrogens is 256 g/mol. The molecule has 0 radical (unpaired) electrons. The van der Waals surface area contributed by atoms with Gasteiger partial charge >= 0.3 is 5.97 Å². The number of fused-ring (bicyclic) bond motifs is 1. The molecule has 0 heterocycles. The number of carbonyl (C=O) groups is 1. The van der Waals surface area contributed by atoms with Gasteiger partial charge in [0.15, 0.2) is 6.10 Å². The maximum Gasteiger partial charge on any atom is 0.303 e. The molecule has 2 aromatic carbocycles. The van der Waals surface area contributed by atoms with E-state index in [1.165, 1.54) is 6.92 Å². The molecule has 0 bridgehead atoms. The number of rotatable bonds is 6. The second-order valence-electron chi connectivity index (χ2n) is 4.48. The lowest BCUT2D eigenvalue weighted by atomic mass is 10.1. The first kappa shape index (κ1) is 14.3.